The Morgan fingerprint density at radius 2 is 1.55 bits per heavy atom. The first-order valence-corrected chi connectivity index (χ1v) is 9.64. The molecular formula is C23H22N6. The van der Waals surface area contributed by atoms with Crippen LogP contribution in [-0.4, -0.2) is 19.9 Å². The first-order valence-electron chi connectivity index (χ1n) is 9.64. The third-order valence-corrected chi connectivity index (χ3v) is 4.95. The summed E-state index contributed by atoms with van der Waals surface area (Å²) >= 11 is 0. The van der Waals surface area contributed by atoms with E-state index in [0.717, 1.165) is 28.2 Å². The Morgan fingerprint density at radius 3 is 2.34 bits per heavy atom. The molecule has 0 atom stereocenters. The molecule has 2 aromatic carbocycles. The number of anilines is 3. The average molecular weight is 382 g/mol. The molecule has 4 N–H and O–H groups in total. The van der Waals surface area contributed by atoms with Crippen LogP contribution in [0.1, 0.15) is 17.0 Å². The first-order chi connectivity index (χ1) is 14.1. The Labute approximate surface area is 168 Å². The predicted molar refractivity (Wildman–Crippen MR) is 119 cm³/mol. The molecule has 3 aromatic heterocycles. The van der Waals surface area contributed by atoms with Gasteiger partial charge in [-0.1, -0.05) is 6.07 Å². The van der Waals surface area contributed by atoms with Crippen molar-refractivity contribution in [3.63, 3.8) is 0 Å². The summed E-state index contributed by atoms with van der Waals surface area (Å²) in [4.78, 5) is 15.6. The van der Waals surface area contributed by atoms with Gasteiger partial charge in [0.15, 0.2) is 0 Å². The molecule has 5 aromatic rings. The van der Waals surface area contributed by atoms with Gasteiger partial charge in [-0.3, -0.25) is 0 Å². The third kappa shape index (κ3) is 3.65. The lowest BCUT2D eigenvalue weighted by molar-refractivity contribution is 1.06. The van der Waals surface area contributed by atoms with Gasteiger partial charge < -0.3 is 20.6 Å². The molecule has 0 aliphatic carbocycles. The standard InChI is InChI=1S/C23H22N6/c1-14-9-17-11-16(3-5-20(17)26-14)13-25-23-24-8-7-22(29-23)28-19-4-6-21-18(12-19)10-15(2)27-21/h3-12,26-27H,13H2,1-2H3,(H2,24,25,28,29). The highest BCUT2D eigenvalue weighted by Gasteiger charge is 2.04. The fraction of sp³-hybridized carbons (Fsp3) is 0.130. The zero-order valence-electron chi connectivity index (χ0n) is 16.4. The molecule has 6 nitrogen and oxygen atoms in total. The summed E-state index contributed by atoms with van der Waals surface area (Å²) in [7, 11) is 0. The largest absolute Gasteiger partial charge is 0.359 e. The number of hydrogen-bond donors (Lipinski definition) is 4. The number of aromatic amines is 2. The topological polar surface area (TPSA) is 81.4 Å². The number of hydrogen-bond acceptors (Lipinski definition) is 4. The highest BCUT2D eigenvalue weighted by molar-refractivity contribution is 5.84. The van der Waals surface area contributed by atoms with Gasteiger partial charge in [0, 0.05) is 46.2 Å². The van der Waals surface area contributed by atoms with Crippen molar-refractivity contribution in [1.82, 2.24) is 19.9 Å². The van der Waals surface area contributed by atoms with E-state index in [4.69, 9.17) is 0 Å². The van der Waals surface area contributed by atoms with Gasteiger partial charge in [0.25, 0.3) is 0 Å². The second-order valence-corrected chi connectivity index (χ2v) is 7.37. The maximum atomic E-state index is 4.59. The van der Waals surface area contributed by atoms with Crippen LogP contribution in [0.4, 0.5) is 17.5 Å². The summed E-state index contributed by atoms with van der Waals surface area (Å²) in [5.74, 6) is 1.35. The fourth-order valence-corrected chi connectivity index (χ4v) is 3.64. The molecule has 0 saturated heterocycles. The minimum Gasteiger partial charge on any atom is -0.359 e. The van der Waals surface area contributed by atoms with Crippen molar-refractivity contribution in [3.05, 3.63) is 77.7 Å². The van der Waals surface area contributed by atoms with E-state index >= 15 is 0 Å². The molecule has 0 radical (unpaired) electrons. The normalized spacial score (nSPS) is 11.2. The maximum absolute atomic E-state index is 4.59. The Balaban J connectivity index is 1.30. The molecule has 0 bridgehead atoms. The van der Waals surface area contributed by atoms with Crippen molar-refractivity contribution in [3.8, 4) is 0 Å². The van der Waals surface area contributed by atoms with Gasteiger partial charge in [-0.25, -0.2) is 4.98 Å². The SMILES string of the molecule is Cc1cc2cc(CNc3nccc(Nc4ccc5[nH]c(C)cc5c4)n3)ccc2[nH]1. The summed E-state index contributed by atoms with van der Waals surface area (Å²) in [6, 6.07) is 18.8. The van der Waals surface area contributed by atoms with Crippen molar-refractivity contribution >= 4 is 39.3 Å². The van der Waals surface area contributed by atoms with Gasteiger partial charge in [0.05, 0.1) is 0 Å². The molecule has 0 aliphatic heterocycles. The molecule has 29 heavy (non-hydrogen) atoms. The molecule has 0 saturated carbocycles. The van der Waals surface area contributed by atoms with Gasteiger partial charge in [0.1, 0.15) is 5.82 Å². The minimum absolute atomic E-state index is 0.596. The second-order valence-electron chi connectivity index (χ2n) is 7.37. The number of aryl methyl sites for hydroxylation is 2. The van der Waals surface area contributed by atoms with Crippen LogP contribution in [0.2, 0.25) is 0 Å². The van der Waals surface area contributed by atoms with Gasteiger partial charge in [-0.05, 0) is 73.3 Å². The van der Waals surface area contributed by atoms with E-state index in [9.17, 15) is 0 Å². The zero-order valence-corrected chi connectivity index (χ0v) is 16.4. The van der Waals surface area contributed by atoms with Crippen molar-refractivity contribution < 1.29 is 0 Å². The molecule has 0 spiro atoms. The summed E-state index contributed by atoms with van der Waals surface area (Å²) in [6.45, 7) is 4.79. The van der Waals surface area contributed by atoms with Gasteiger partial charge in [0.2, 0.25) is 5.95 Å². The molecule has 0 amide bonds. The smallest absolute Gasteiger partial charge is 0.224 e. The number of aromatic nitrogens is 4. The maximum Gasteiger partial charge on any atom is 0.224 e. The number of nitrogens with zero attached hydrogens (tertiary/aromatic N) is 2. The minimum atomic E-state index is 0.596. The summed E-state index contributed by atoms with van der Waals surface area (Å²) in [5.41, 5.74) is 6.79. The summed E-state index contributed by atoms with van der Waals surface area (Å²) in [5, 5.41) is 9.07. The van der Waals surface area contributed by atoms with Crippen molar-refractivity contribution in [2.75, 3.05) is 10.6 Å². The number of fused-ring (bicyclic) bond motifs is 2. The second kappa shape index (κ2) is 6.98. The van der Waals surface area contributed by atoms with Gasteiger partial charge >= 0.3 is 0 Å². The molecule has 0 fully saturated rings. The highest BCUT2D eigenvalue weighted by Crippen LogP contribution is 2.23. The summed E-state index contributed by atoms with van der Waals surface area (Å²) in [6.07, 6.45) is 1.76. The third-order valence-electron chi connectivity index (χ3n) is 4.95. The fourth-order valence-electron chi connectivity index (χ4n) is 3.64. The van der Waals surface area contributed by atoms with Gasteiger partial charge in [-0.2, -0.15) is 4.98 Å². The Bertz CT molecular complexity index is 1310. The van der Waals surface area contributed by atoms with E-state index in [0.29, 0.717) is 12.5 Å². The van der Waals surface area contributed by atoms with E-state index in [2.05, 4.69) is 86.9 Å². The monoisotopic (exact) mass is 382 g/mol. The predicted octanol–water partition coefficient (Wildman–Crippen LogP) is 5.41. The van der Waals surface area contributed by atoms with Crippen molar-refractivity contribution in [2.24, 2.45) is 0 Å². The van der Waals surface area contributed by atoms with Crippen LogP contribution < -0.4 is 10.6 Å². The Morgan fingerprint density at radius 1 is 0.828 bits per heavy atom. The van der Waals surface area contributed by atoms with Crippen molar-refractivity contribution in [2.45, 2.75) is 20.4 Å². The molecule has 0 aliphatic rings. The molecule has 6 heteroatoms. The van der Waals surface area contributed by atoms with Gasteiger partial charge in [-0.15, -0.1) is 0 Å². The number of benzene rings is 2. The lowest BCUT2D eigenvalue weighted by Gasteiger charge is -2.09. The average Bonchev–Trinajstić information content (AvgIpc) is 3.26. The van der Waals surface area contributed by atoms with Crippen LogP contribution >= 0.6 is 0 Å². The highest BCUT2D eigenvalue weighted by atomic mass is 15.1. The number of nitrogens with one attached hydrogen (secondary N) is 4. The number of rotatable bonds is 5. The molecule has 5 rings (SSSR count). The van der Waals surface area contributed by atoms with E-state index in [1.54, 1.807) is 6.20 Å². The molecule has 0 unspecified atom stereocenters. The van der Waals surface area contributed by atoms with Crippen LogP contribution in [0, 0.1) is 13.8 Å². The first kappa shape index (κ1) is 17.3. The van der Waals surface area contributed by atoms with Crippen LogP contribution in [-0.2, 0) is 6.54 Å². The van der Waals surface area contributed by atoms with E-state index in [-0.39, 0.29) is 0 Å². The van der Waals surface area contributed by atoms with Crippen LogP contribution in [0.3, 0.4) is 0 Å². The van der Waals surface area contributed by atoms with E-state index in [1.807, 2.05) is 12.1 Å². The molecular weight excluding hydrogens is 360 g/mol. The summed E-state index contributed by atoms with van der Waals surface area (Å²) < 4.78 is 0. The number of H-pyrrole nitrogens is 2. The molecule has 144 valence electrons. The van der Waals surface area contributed by atoms with Crippen LogP contribution in [0.5, 0.6) is 0 Å². The quantitative estimate of drug-likeness (QED) is 0.327. The lowest BCUT2D eigenvalue weighted by Crippen LogP contribution is -2.04. The molecule has 3 heterocycles. The van der Waals surface area contributed by atoms with Crippen LogP contribution in [0.25, 0.3) is 21.8 Å². The van der Waals surface area contributed by atoms with E-state index < -0.39 is 0 Å². The van der Waals surface area contributed by atoms with Crippen LogP contribution in [0.15, 0.2) is 60.8 Å². The zero-order chi connectivity index (χ0) is 19.8. The van der Waals surface area contributed by atoms with Crippen molar-refractivity contribution in [1.29, 1.82) is 0 Å². The lowest BCUT2D eigenvalue weighted by atomic mass is 10.1. The Kier molecular flexibility index (Phi) is 4.17. The van der Waals surface area contributed by atoms with E-state index in [1.165, 1.54) is 22.0 Å². The Hall–Kier alpha value is -3.80.